The molecule has 25 heavy (non-hydrogen) atoms. The average molecular weight is 363 g/mol. The summed E-state index contributed by atoms with van der Waals surface area (Å²) in [6, 6.07) is 11.5. The molecule has 0 bridgehead atoms. The summed E-state index contributed by atoms with van der Waals surface area (Å²) < 4.78 is 38.6. The maximum atomic E-state index is 12.9. The van der Waals surface area contributed by atoms with Gasteiger partial charge in [0.05, 0.1) is 27.8 Å². The number of halogens is 4. The van der Waals surface area contributed by atoms with Crippen molar-refractivity contribution in [3.63, 3.8) is 0 Å². The fraction of sp³-hybridized carbons (Fsp3) is 0.111. The molecule has 1 aliphatic rings. The zero-order chi connectivity index (χ0) is 17.8. The van der Waals surface area contributed by atoms with Crippen molar-refractivity contribution >= 4 is 28.4 Å². The summed E-state index contributed by atoms with van der Waals surface area (Å²) in [7, 11) is 0. The molecule has 0 radical (unpaired) electrons. The molecule has 1 aromatic heterocycles. The Kier molecular flexibility index (Phi) is 3.47. The fourth-order valence-corrected chi connectivity index (χ4v) is 3.21. The first kappa shape index (κ1) is 15.9. The lowest BCUT2D eigenvalue weighted by molar-refractivity contribution is -0.137. The Balaban J connectivity index is 1.82. The third-order valence-corrected chi connectivity index (χ3v) is 4.50. The number of carbonyl (C=O) groups excluding carboxylic acids is 1. The second-order valence-corrected chi connectivity index (χ2v) is 6.16. The molecule has 0 saturated heterocycles. The summed E-state index contributed by atoms with van der Waals surface area (Å²) in [5, 5.41) is 4.00. The highest BCUT2D eigenvalue weighted by Crippen LogP contribution is 2.36. The van der Waals surface area contributed by atoms with E-state index in [1.54, 1.807) is 18.2 Å². The van der Waals surface area contributed by atoms with E-state index >= 15 is 0 Å². The second kappa shape index (κ2) is 5.46. The van der Waals surface area contributed by atoms with E-state index in [0.29, 0.717) is 21.8 Å². The first-order chi connectivity index (χ1) is 11.8. The predicted molar refractivity (Wildman–Crippen MR) is 87.5 cm³/mol. The molecule has 4 rings (SSSR count). The number of alkyl halides is 3. The summed E-state index contributed by atoms with van der Waals surface area (Å²) in [5.74, 6) is -0.549. The molecule has 1 unspecified atom stereocenters. The summed E-state index contributed by atoms with van der Waals surface area (Å²) in [4.78, 5) is 16.6. The monoisotopic (exact) mass is 362 g/mol. The van der Waals surface area contributed by atoms with E-state index in [1.807, 2.05) is 12.1 Å². The van der Waals surface area contributed by atoms with Crippen LogP contribution >= 0.6 is 11.6 Å². The van der Waals surface area contributed by atoms with E-state index in [1.165, 1.54) is 6.07 Å². The molecular formula is C18H10ClF3N2O. The molecule has 0 fully saturated rings. The third-order valence-electron chi connectivity index (χ3n) is 4.20. The third kappa shape index (κ3) is 2.62. The molecule has 1 N–H and O–H groups in total. The number of hydrogen-bond acceptors (Lipinski definition) is 2. The van der Waals surface area contributed by atoms with Gasteiger partial charge in [0, 0.05) is 10.9 Å². The lowest BCUT2D eigenvalue weighted by atomic mass is 9.99. The number of para-hydroxylation sites is 1. The predicted octanol–water partition coefficient (Wildman–Crippen LogP) is 4.74. The van der Waals surface area contributed by atoms with E-state index in [2.05, 4.69) is 10.3 Å². The Morgan fingerprint density at radius 3 is 2.64 bits per heavy atom. The Morgan fingerprint density at radius 1 is 1.08 bits per heavy atom. The van der Waals surface area contributed by atoms with E-state index < -0.39 is 23.7 Å². The average Bonchev–Trinajstić information content (AvgIpc) is 2.91. The van der Waals surface area contributed by atoms with Gasteiger partial charge in [-0.25, -0.2) is 4.98 Å². The fourth-order valence-electron chi connectivity index (χ4n) is 2.99. The maximum Gasteiger partial charge on any atom is 0.416 e. The Morgan fingerprint density at radius 2 is 1.88 bits per heavy atom. The molecule has 2 aromatic carbocycles. The second-order valence-electron chi connectivity index (χ2n) is 5.75. The van der Waals surface area contributed by atoms with Gasteiger partial charge in [-0.15, -0.1) is 0 Å². The Labute approximate surface area is 145 Å². The van der Waals surface area contributed by atoms with Crippen LogP contribution in [0.25, 0.3) is 10.9 Å². The van der Waals surface area contributed by atoms with Crippen molar-refractivity contribution in [1.29, 1.82) is 0 Å². The van der Waals surface area contributed by atoms with Crippen LogP contribution in [0.4, 0.5) is 13.2 Å². The molecule has 1 amide bonds. The molecule has 3 aromatic rings. The summed E-state index contributed by atoms with van der Waals surface area (Å²) in [6.45, 7) is 0. The number of fused-ring (bicyclic) bond motifs is 2. The van der Waals surface area contributed by atoms with E-state index in [0.717, 1.165) is 17.5 Å². The number of amides is 1. The summed E-state index contributed by atoms with van der Waals surface area (Å²) in [6.07, 6.45) is -4.50. The van der Waals surface area contributed by atoms with Crippen molar-refractivity contribution in [3.05, 3.63) is 75.9 Å². The zero-order valence-electron chi connectivity index (χ0n) is 12.6. The normalized spacial score (nSPS) is 16.8. The van der Waals surface area contributed by atoms with Crippen molar-refractivity contribution in [2.24, 2.45) is 0 Å². The molecule has 0 saturated carbocycles. The van der Waals surface area contributed by atoms with E-state index in [9.17, 15) is 18.0 Å². The highest BCUT2D eigenvalue weighted by molar-refractivity contribution is 6.35. The van der Waals surface area contributed by atoms with Gasteiger partial charge in [-0.2, -0.15) is 13.2 Å². The smallest absolute Gasteiger partial charge is 0.340 e. The minimum absolute atomic E-state index is 0.0147. The van der Waals surface area contributed by atoms with E-state index in [4.69, 9.17) is 11.6 Å². The lowest BCUT2D eigenvalue weighted by Gasteiger charge is -2.13. The molecular weight excluding hydrogens is 353 g/mol. The zero-order valence-corrected chi connectivity index (χ0v) is 13.3. The number of carbonyl (C=O) groups is 1. The number of benzene rings is 2. The van der Waals surface area contributed by atoms with Crippen molar-refractivity contribution in [1.82, 2.24) is 10.3 Å². The number of hydrogen-bond donors (Lipinski definition) is 1. The number of pyridine rings is 1. The highest BCUT2D eigenvalue weighted by Gasteiger charge is 2.36. The van der Waals surface area contributed by atoms with Crippen LogP contribution in [0.5, 0.6) is 0 Å². The molecule has 7 heteroatoms. The minimum atomic E-state index is -4.50. The number of rotatable bonds is 1. The van der Waals surface area contributed by atoms with Gasteiger partial charge in [-0.1, -0.05) is 35.9 Å². The van der Waals surface area contributed by atoms with Crippen molar-refractivity contribution in [2.45, 2.75) is 12.2 Å². The van der Waals surface area contributed by atoms with Crippen LogP contribution < -0.4 is 5.32 Å². The van der Waals surface area contributed by atoms with E-state index in [-0.39, 0.29) is 5.56 Å². The number of nitrogens with one attached hydrogen (secondary N) is 1. The van der Waals surface area contributed by atoms with Gasteiger partial charge in [-0.3, -0.25) is 4.79 Å². The van der Waals surface area contributed by atoms with Crippen LogP contribution in [0.15, 0.2) is 48.5 Å². The Hall–Kier alpha value is -2.60. The molecule has 0 spiro atoms. The topological polar surface area (TPSA) is 42.0 Å². The number of nitrogens with zero attached hydrogens (tertiary/aromatic N) is 1. The first-order valence-corrected chi connectivity index (χ1v) is 7.79. The highest BCUT2D eigenvalue weighted by atomic mass is 35.5. The summed E-state index contributed by atoms with van der Waals surface area (Å²) in [5.41, 5.74) is 0.734. The molecule has 1 atom stereocenters. The maximum absolute atomic E-state index is 12.9. The molecule has 0 aliphatic carbocycles. The van der Waals surface area contributed by atoms with Crippen LogP contribution in [0.1, 0.15) is 33.2 Å². The van der Waals surface area contributed by atoms with Gasteiger partial charge in [0.25, 0.3) is 5.91 Å². The lowest BCUT2D eigenvalue weighted by Crippen LogP contribution is -2.20. The van der Waals surface area contributed by atoms with Crippen LogP contribution in [0.3, 0.4) is 0 Å². The first-order valence-electron chi connectivity index (χ1n) is 7.42. The van der Waals surface area contributed by atoms with Crippen molar-refractivity contribution in [3.8, 4) is 0 Å². The van der Waals surface area contributed by atoms with Crippen molar-refractivity contribution < 1.29 is 18.0 Å². The van der Waals surface area contributed by atoms with Gasteiger partial charge in [0.2, 0.25) is 0 Å². The van der Waals surface area contributed by atoms with Crippen LogP contribution in [0.2, 0.25) is 5.02 Å². The van der Waals surface area contributed by atoms with Gasteiger partial charge < -0.3 is 5.32 Å². The number of aromatic nitrogens is 1. The largest absolute Gasteiger partial charge is 0.416 e. The SMILES string of the molecule is O=C1NC(c2ccc3cccc(Cl)c3n2)c2ccc(C(F)(F)F)cc21. The molecule has 126 valence electrons. The van der Waals surface area contributed by atoms with Crippen LogP contribution in [0, 0.1) is 0 Å². The van der Waals surface area contributed by atoms with Gasteiger partial charge in [0.15, 0.2) is 0 Å². The summed E-state index contributed by atoms with van der Waals surface area (Å²) >= 11 is 6.16. The standard InChI is InChI=1S/C18H10ClF3N2O/c19-13-3-1-2-9-4-7-14(23-15(9)13)16-11-6-5-10(18(20,21)22)8-12(11)17(25)24-16/h1-8,16H,(H,24,25). The molecule has 3 nitrogen and oxygen atoms in total. The molecule has 2 heterocycles. The molecule has 1 aliphatic heterocycles. The Bertz CT molecular complexity index is 1020. The van der Waals surface area contributed by atoms with Gasteiger partial charge >= 0.3 is 6.18 Å². The minimum Gasteiger partial charge on any atom is -0.340 e. The quantitative estimate of drug-likeness (QED) is 0.679. The van der Waals surface area contributed by atoms with Gasteiger partial charge in [0.1, 0.15) is 0 Å². The van der Waals surface area contributed by atoms with Crippen molar-refractivity contribution in [2.75, 3.05) is 0 Å². The van der Waals surface area contributed by atoms with Crippen LogP contribution in [-0.4, -0.2) is 10.9 Å². The van der Waals surface area contributed by atoms with Crippen LogP contribution in [-0.2, 0) is 6.18 Å². The van der Waals surface area contributed by atoms with Gasteiger partial charge in [-0.05, 0) is 29.8 Å².